The molecular weight excluding hydrogens is 232 g/mol. The van der Waals surface area contributed by atoms with Crippen LogP contribution in [0.4, 0.5) is 0 Å². The van der Waals surface area contributed by atoms with E-state index in [1.165, 1.54) is 4.31 Å². The summed E-state index contributed by atoms with van der Waals surface area (Å²) < 4.78 is 24.4. The van der Waals surface area contributed by atoms with Crippen molar-refractivity contribution in [2.45, 2.75) is 25.4 Å². The molecule has 1 saturated heterocycles. The first-order valence-electron chi connectivity index (χ1n) is 5.10. The summed E-state index contributed by atoms with van der Waals surface area (Å²) in [6.07, 6.45) is 0.976. The number of nitrogens with zero attached hydrogens (tertiary/aromatic N) is 2. The van der Waals surface area contributed by atoms with Gasteiger partial charge in [-0.1, -0.05) is 0 Å². The van der Waals surface area contributed by atoms with Gasteiger partial charge in [-0.05, 0) is 14.0 Å². The standard InChI is InChI=1S/C9H18N2O4S/c1-7-5-11(16(3,14)15)8(4-9(12)13)6-10(7)2/h7-8H,4-6H2,1-3H3,(H,12,13). The molecule has 0 aromatic carbocycles. The Labute approximate surface area is 95.9 Å². The van der Waals surface area contributed by atoms with Gasteiger partial charge < -0.3 is 10.0 Å². The van der Waals surface area contributed by atoms with E-state index < -0.39 is 22.0 Å². The lowest BCUT2D eigenvalue weighted by Crippen LogP contribution is -2.57. The first kappa shape index (κ1) is 13.4. The van der Waals surface area contributed by atoms with E-state index in [4.69, 9.17) is 5.11 Å². The third-order valence-electron chi connectivity index (χ3n) is 2.94. The maximum absolute atomic E-state index is 11.5. The van der Waals surface area contributed by atoms with Gasteiger partial charge in [-0.3, -0.25) is 4.79 Å². The average molecular weight is 250 g/mol. The van der Waals surface area contributed by atoms with Crippen LogP contribution in [0.2, 0.25) is 0 Å². The second-order valence-electron chi connectivity index (χ2n) is 4.37. The van der Waals surface area contributed by atoms with Crippen LogP contribution in [0.15, 0.2) is 0 Å². The SMILES string of the molecule is CC1CN(S(C)(=O)=O)C(CC(=O)O)CN1C. The van der Waals surface area contributed by atoms with E-state index in [2.05, 4.69) is 0 Å². The zero-order valence-corrected chi connectivity index (χ0v) is 10.6. The van der Waals surface area contributed by atoms with Crippen LogP contribution in [0.3, 0.4) is 0 Å². The third-order valence-corrected chi connectivity index (χ3v) is 4.24. The number of hydrogen-bond acceptors (Lipinski definition) is 4. The van der Waals surface area contributed by atoms with Crippen LogP contribution in [-0.2, 0) is 14.8 Å². The first-order chi connectivity index (χ1) is 7.21. The molecule has 7 heteroatoms. The van der Waals surface area contributed by atoms with Gasteiger partial charge in [-0.25, -0.2) is 8.42 Å². The van der Waals surface area contributed by atoms with Gasteiger partial charge in [0.25, 0.3) is 0 Å². The van der Waals surface area contributed by atoms with Crippen LogP contribution in [0.5, 0.6) is 0 Å². The fourth-order valence-corrected chi connectivity index (χ4v) is 3.10. The second kappa shape index (κ2) is 4.68. The van der Waals surface area contributed by atoms with Crippen molar-refractivity contribution in [1.29, 1.82) is 0 Å². The molecule has 16 heavy (non-hydrogen) atoms. The molecule has 0 bridgehead atoms. The molecule has 2 unspecified atom stereocenters. The molecule has 1 aliphatic rings. The molecule has 0 amide bonds. The Bertz CT molecular complexity index is 368. The van der Waals surface area contributed by atoms with E-state index in [1.54, 1.807) is 0 Å². The smallest absolute Gasteiger partial charge is 0.305 e. The van der Waals surface area contributed by atoms with Gasteiger partial charge in [0.15, 0.2) is 0 Å². The normalized spacial score (nSPS) is 29.2. The zero-order valence-electron chi connectivity index (χ0n) is 9.75. The van der Waals surface area contributed by atoms with E-state index in [9.17, 15) is 13.2 Å². The molecule has 1 fully saturated rings. The predicted octanol–water partition coefficient (Wildman–Crippen LogP) is -0.575. The molecule has 1 heterocycles. The second-order valence-corrected chi connectivity index (χ2v) is 6.31. The van der Waals surface area contributed by atoms with E-state index in [0.717, 1.165) is 6.26 Å². The highest BCUT2D eigenvalue weighted by atomic mass is 32.2. The summed E-state index contributed by atoms with van der Waals surface area (Å²) in [6.45, 7) is 2.74. The number of carboxylic acid groups (broad SMARTS) is 1. The third kappa shape index (κ3) is 3.16. The van der Waals surface area contributed by atoms with Crippen molar-refractivity contribution in [3.63, 3.8) is 0 Å². The minimum Gasteiger partial charge on any atom is -0.481 e. The first-order valence-corrected chi connectivity index (χ1v) is 6.95. The Morgan fingerprint density at radius 1 is 1.44 bits per heavy atom. The van der Waals surface area contributed by atoms with E-state index in [-0.39, 0.29) is 12.5 Å². The Morgan fingerprint density at radius 3 is 2.44 bits per heavy atom. The molecule has 1 N–H and O–H groups in total. The van der Waals surface area contributed by atoms with Crippen molar-refractivity contribution in [3.8, 4) is 0 Å². The molecule has 0 aromatic rings. The molecule has 1 rings (SSSR count). The highest BCUT2D eigenvalue weighted by molar-refractivity contribution is 7.88. The van der Waals surface area contributed by atoms with Gasteiger partial charge >= 0.3 is 5.97 Å². The molecular formula is C9H18N2O4S. The molecule has 0 aromatic heterocycles. The molecule has 1 aliphatic heterocycles. The van der Waals surface area contributed by atoms with Crippen molar-refractivity contribution >= 4 is 16.0 Å². The maximum Gasteiger partial charge on any atom is 0.305 e. The molecule has 0 saturated carbocycles. The Morgan fingerprint density at radius 2 is 2.00 bits per heavy atom. The number of hydrogen-bond donors (Lipinski definition) is 1. The van der Waals surface area contributed by atoms with Gasteiger partial charge in [0.2, 0.25) is 10.0 Å². The van der Waals surface area contributed by atoms with Crippen molar-refractivity contribution in [1.82, 2.24) is 9.21 Å². The van der Waals surface area contributed by atoms with Gasteiger partial charge in [-0.15, -0.1) is 0 Å². The Balaban J connectivity index is 2.88. The molecule has 6 nitrogen and oxygen atoms in total. The predicted molar refractivity (Wildman–Crippen MR) is 59.7 cm³/mol. The fraction of sp³-hybridized carbons (Fsp3) is 0.889. The van der Waals surface area contributed by atoms with Crippen LogP contribution >= 0.6 is 0 Å². The van der Waals surface area contributed by atoms with Crippen LogP contribution in [0.1, 0.15) is 13.3 Å². The lowest BCUT2D eigenvalue weighted by atomic mass is 10.1. The molecule has 2 atom stereocenters. The fourth-order valence-electron chi connectivity index (χ4n) is 1.93. The highest BCUT2D eigenvalue weighted by Gasteiger charge is 2.35. The largest absolute Gasteiger partial charge is 0.481 e. The van der Waals surface area contributed by atoms with Gasteiger partial charge in [-0.2, -0.15) is 4.31 Å². The average Bonchev–Trinajstić information content (AvgIpc) is 2.08. The lowest BCUT2D eigenvalue weighted by molar-refractivity contribution is -0.138. The number of aliphatic carboxylic acids is 1. The van der Waals surface area contributed by atoms with Gasteiger partial charge in [0.05, 0.1) is 12.7 Å². The lowest BCUT2D eigenvalue weighted by Gasteiger charge is -2.41. The molecule has 94 valence electrons. The van der Waals surface area contributed by atoms with Crippen molar-refractivity contribution in [3.05, 3.63) is 0 Å². The topological polar surface area (TPSA) is 77.9 Å². The summed E-state index contributed by atoms with van der Waals surface area (Å²) in [7, 11) is -1.46. The summed E-state index contributed by atoms with van der Waals surface area (Å²) in [5.41, 5.74) is 0. The monoisotopic (exact) mass is 250 g/mol. The summed E-state index contributed by atoms with van der Waals surface area (Å²) in [6, 6.07) is -0.353. The van der Waals surface area contributed by atoms with Gasteiger partial charge in [0.1, 0.15) is 0 Å². The van der Waals surface area contributed by atoms with Gasteiger partial charge in [0, 0.05) is 25.2 Å². The Hall–Kier alpha value is -0.660. The van der Waals surface area contributed by atoms with Crippen LogP contribution < -0.4 is 0 Å². The number of carbonyl (C=O) groups is 1. The number of likely N-dealkylation sites (N-methyl/N-ethyl adjacent to an activating group) is 1. The van der Waals surface area contributed by atoms with Crippen LogP contribution in [0, 0.1) is 0 Å². The highest BCUT2D eigenvalue weighted by Crippen LogP contribution is 2.19. The summed E-state index contributed by atoms with van der Waals surface area (Å²) in [5.74, 6) is -0.971. The molecule has 0 radical (unpaired) electrons. The van der Waals surface area contributed by atoms with E-state index >= 15 is 0 Å². The number of carboxylic acids is 1. The number of rotatable bonds is 3. The summed E-state index contributed by atoms with van der Waals surface area (Å²) >= 11 is 0. The minimum atomic E-state index is -3.33. The van der Waals surface area contributed by atoms with E-state index in [1.807, 2.05) is 18.9 Å². The molecule has 0 spiro atoms. The number of piperazine rings is 1. The van der Waals surface area contributed by atoms with E-state index in [0.29, 0.717) is 13.1 Å². The van der Waals surface area contributed by atoms with Crippen molar-refractivity contribution in [2.75, 3.05) is 26.4 Å². The number of sulfonamides is 1. The minimum absolute atomic E-state index is 0.111. The quantitative estimate of drug-likeness (QED) is 0.725. The van der Waals surface area contributed by atoms with Crippen LogP contribution in [-0.4, -0.2) is 67.2 Å². The van der Waals surface area contributed by atoms with Crippen LogP contribution in [0.25, 0.3) is 0 Å². The zero-order chi connectivity index (χ0) is 12.5. The van der Waals surface area contributed by atoms with Crippen molar-refractivity contribution in [2.24, 2.45) is 0 Å². The summed E-state index contributed by atoms with van der Waals surface area (Å²) in [4.78, 5) is 12.7. The summed E-state index contributed by atoms with van der Waals surface area (Å²) in [5, 5.41) is 8.76. The Kier molecular flexibility index (Phi) is 3.92. The molecule has 0 aliphatic carbocycles. The van der Waals surface area contributed by atoms with Crippen molar-refractivity contribution < 1.29 is 18.3 Å². The maximum atomic E-state index is 11.5.